The van der Waals surface area contributed by atoms with Crippen molar-refractivity contribution in [3.63, 3.8) is 0 Å². The number of phenols is 1. The Morgan fingerprint density at radius 1 is 1.29 bits per heavy atom. The molecule has 2 aromatic carbocycles. The zero-order chi connectivity index (χ0) is 14.8. The van der Waals surface area contributed by atoms with E-state index in [0.29, 0.717) is 5.56 Å². The molecule has 0 aliphatic carbocycles. The first kappa shape index (κ1) is 13.9. The second-order valence-corrected chi connectivity index (χ2v) is 5.79. The highest BCUT2D eigenvalue weighted by Crippen LogP contribution is 2.25. The fourth-order valence-corrected chi connectivity index (χ4v) is 2.96. The van der Waals surface area contributed by atoms with Gasteiger partial charge >= 0.3 is 0 Å². The lowest BCUT2D eigenvalue weighted by Gasteiger charge is -2.30. The molecule has 0 radical (unpaired) electrons. The SMILES string of the molecule is CN1CCCC(NC(=O)c2cc3ccccc3cc2O)C1. The van der Waals surface area contributed by atoms with Crippen LogP contribution < -0.4 is 5.32 Å². The molecule has 1 amide bonds. The fraction of sp³-hybridized carbons (Fsp3) is 0.353. The van der Waals surface area contributed by atoms with Crippen molar-refractivity contribution in [2.75, 3.05) is 20.1 Å². The minimum atomic E-state index is -0.196. The first-order valence-corrected chi connectivity index (χ1v) is 7.34. The summed E-state index contributed by atoms with van der Waals surface area (Å²) in [5, 5.41) is 15.0. The molecule has 4 heteroatoms. The van der Waals surface area contributed by atoms with Crippen LogP contribution in [0.3, 0.4) is 0 Å². The molecule has 2 aromatic rings. The second kappa shape index (κ2) is 5.74. The van der Waals surface area contributed by atoms with Crippen molar-refractivity contribution in [1.82, 2.24) is 10.2 Å². The van der Waals surface area contributed by atoms with E-state index in [9.17, 15) is 9.90 Å². The van der Waals surface area contributed by atoms with Gasteiger partial charge in [0.05, 0.1) is 5.56 Å². The van der Waals surface area contributed by atoms with Gasteiger partial charge in [0.25, 0.3) is 5.91 Å². The van der Waals surface area contributed by atoms with Gasteiger partial charge in [-0.25, -0.2) is 0 Å². The Bertz CT molecular complexity index is 669. The number of carbonyl (C=O) groups excluding carboxylic acids is 1. The summed E-state index contributed by atoms with van der Waals surface area (Å²) in [6.45, 7) is 1.94. The number of likely N-dealkylation sites (N-methyl/N-ethyl adjacent to an activating group) is 1. The van der Waals surface area contributed by atoms with Crippen LogP contribution in [0.25, 0.3) is 10.8 Å². The summed E-state index contributed by atoms with van der Waals surface area (Å²) in [7, 11) is 2.06. The average molecular weight is 284 g/mol. The normalized spacial score (nSPS) is 19.6. The van der Waals surface area contributed by atoms with Crippen LogP contribution in [-0.2, 0) is 0 Å². The molecule has 2 N–H and O–H groups in total. The first-order chi connectivity index (χ1) is 10.1. The van der Waals surface area contributed by atoms with E-state index in [-0.39, 0.29) is 17.7 Å². The number of benzene rings is 2. The Morgan fingerprint density at radius 3 is 2.71 bits per heavy atom. The number of piperidine rings is 1. The van der Waals surface area contributed by atoms with E-state index < -0.39 is 0 Å². The van der Waals surface area contributed by atoms with Crippen LogP contribution in [0.15, 0.2) is 36.4 Å². The van der Waals surface area contributed by atoms with E-state index >= 15 is 0 Å². The van der Waals surface area contributed by atoms with E-state index in [4.69, 9.17) is 0 Å². The maximum atomic E-state index is 12.4. The van der Waals surface area contributed by atoms with Gasteiger partial charge in [0.1, 0.15) is 5.75 Å². The molecular weight excluding hydrogens is 264 g/mol. The van der Waals surface area contributed by atoms with Crippen LogP contribution >= 0.6 is 0 Å². The molecule has 1 aliphatic heterocycles. The van der Waals surface area contributed by atoms with Crippen LogP contribution in [0.4, 0.5) is 0 Å². The highest BCUT2D eigenvalue weighted by molar-refractivity contribution is 6.01. The van der Waals surface area contributed by atoms with Crippen LogP contribution in [0.1, 0.15) is 23.2 Å². The monoisotopic (exact) mass is 284 g/mol. The highest BCUT2D eigenvalue weighted by Gasteiger charge is 2.21. The number of nitrogens with one attached hydrogen (secondary N) is 1. The van der Waals surface area contributed by atoms with Gasteiger partial charge in [-0.1, -0.05) is 24.3 Å². The largest absolute Gasteiger partial charge is 0.507 e. The quantitative estimate of drug-likeness (QED) is 0.890. The Kier molecular flexibility index (Phi) is 3.80. The van der Waals surface area contributed by atoms with Crippen molar-refractivity contribution in [1.29, 1.82) is 0 Å². The van der Waals surface area contributed by atoms with Crippen molar-refractivity contribution in [2.24, 2.45) is 0 Å². The lowest BCUT2D eigenvalue weighted by atomic mass is 10.0. The predicted molar refractivity (Wildman–Crippen MR) is 83.6 cm³/mol. The number of rotatable bonds is 2. The van der Waals surface area contributed by atoms with Crippen molar-refractivity contribution in [3.05, 3.63) is 42.0 Å². The minimum absolute atomic E-state index is 0.0374. The molecule has 110 valence electrons. The smallest absolute Gasteiger partial charge is 0.255 e. The Labute approximate surface area is 124 Å². The second-order valence-electron chi connectivity index (χ2n) is 5.79. The number of hydrogen-bond acceptors (Lipinski definition) is 3. The topological polar surface area (TPSA) is 52.6 Å². The van der Waals surface area contributed by atoms with Gasteiger partial charge in [-0.2, -0.15) is 0 Å². The number of hydrogen-bond donors (Lipinski definition) is 2. The first-order valence-electron chi connectivity index (χ1n) is 7.34. The number of fused-ring (bicyclic) bond motifs is 1. The third-order valence-electron chi connectivity index (χ3n) is 4.07. The molecule has 1 fully saturated rings. The number of aromatic hydroxyl groups is 1. The summed E-state index contributed by atoms with van der Waals surface area (Å²) in [5.41, 5.74) is 0.349. The summed E-state index contributed by atoms with van der Waals surface area (Å²) in [6.07, 6.45) is 2.08. The van der Waals surface area contributed by atoms with Gasteiger partial charge < -0.3 is 15.3 Å². The maximum Gasteiger partial charge on any atom is 0.255 e. The van der Waals surface area contributed by atoms with Gasteiger partial charge in [0.2, 0.25) is 0 Å². The minimum Gasteiger partial charge on any atom is -0.507 e. The summed E-state index contributed by atoms with van der Waals surface area (Å²) in [4.78, 5) is 14.6. The molecule has 1 unspecified atom stereocenters. The molecular formula is C17H20N2O2. The lowest BCUT2D eigenvalue weighted by Crippen LogP contribution is -2.46. The summed E-state index contributed by atoms with van der Waals surface area (Å²) in [5.74, 6) is -0.158. The zero-order valence-electron chi connectivity index (χ0n) is 12.2. The van der Waals surface area contributed by atoms with Gasteiger partial charge in [-0.05, 0) is 49.3 Å². The summed E-state index contributed by atoms with van der Waals surface area (Å²) < 4.78 is 0. The Hall–Kier alpha value is -2.07. The number of likely N-dealkylation sites (tertiary alicyclic amines) is 1. The predicted octanol–water partition coefficient (Wildman–Crippen LogP) is 2.37. The molecule has 0 spiro atoms. The van der Waals surface area contributed by atoms with Crippen LogP contribution in [0.5, 0.6) is 5.75 Å². The van der Waals surface area contributed by atoms with E-state index in [2.05, 4.69) is 17.3 Å². The standard InChI is InChI=1S/C17H20N2O2/c1-19-8-4-7-14(11-19)18-17(21)15-9-12-5-2-3-6-13(12)10-16(15)20/h2-3,5-6,9-10,14,20H,4,7-8,11H2,1H3,(H,18,21). The van der Waals surface area contributed by atoms with Crippen molar-refractivity contribution in [3.8, 4) is 5.75 Å². The van der Waals surface area contributed by atoms with E-state index in [1.54, 1.807) is 12.1 Å². The summed E-state index contributed by atoms with van der Waals surface area (Å²) >= 11 is 0. The van der Waals surface area contributed by atoms with Crippen LogP contribution in [0.2, 0.25) is 0 Å². The molecule has 1 atom stereocenters. The molecule has 1 aliphatic rings. The number of nitrogens with zero attached hydrogens (tertiary/aromatic N) is 1. The van der Waals surface area contributed by atoms with E-state index in [0.717, 1.165) is 36.7 Å². The Morgan fingerprint density at radius 2 is 2.00 bits per heavy atom. The highest BCUT2D eigenvalue weighted by atomic mass is 16.3. The van der Waals surface area contributed by atoms with Crippen molar-refractivity contribution >= 4 is 16.7 Å². The fourth-order valence-electron chi connectivity index (χ4n) is 2.96. The molecule has 1 heterocycles. The molecule has 0 aromatic heterocycles. The third-order valence-corrected chi connectivity index (χ3v) is 4.07. The van der Waals surface area contributed by atoms with Gasteiger partial charge in [0.15, 0.2) is 0 Å². The van der Waals surface area contributed by atoms with E-state index in [1.807, 2.05) is 24.3 Å². The summed E-state index contributed by atoms with van der Waals surface area (Å²) in [6, 6.07) is 11.3. The van der Waals surface area contributed by atoms with Gasteiger partial charge in [0, 0.05) is 12.6 Å². The van der Waals surface area contributed by atoms with Crippen molar-refractivity contribution in [2.45, 2.75) is 18.9 Å². The number of carbonyl (C=O) groups is 1. The third kappa shape index (κ3) is 3.00. The lowest BCUT2D eigenvalue weighted by molar-refractivity contribution is 0.0910. The number of amides is 1. The molecule has 0 saturated carbocycles. The Balaban J connectivity index is 1.82. The average Bonchev–Trinajstić information content (AvgIpc) is 2.46. The molecule has 4 nitrogen and oxygen atoms in total. The zero-order valence-corrected chi connectivity index (χ0v) is 12.2. The van der Waals surface area contributed by atoms with E-state index in [1.165, 1.54) is 0 Å². The molecule has 1 saturated heterocycles. The van der Waals surface area contributed by atoms with Gasteiger partial charge in [-0.15, -0.1) is 0 Å². The molecule has 0 bridgehead atoms. The maximum absolute atomic E-state index is 12.4. The van der Waals surface area contributed by atoms with Gasteiger partial charge in [-0.3, -0.25) is 4.79 Å². The van der Waals surface area contributed by atoms with Crippen LogP contribution in [0, 0.1) is 0 Å². The van der Waals surface area contributed by atoms with Crippen LogP contribution in [-0.4, -0.2) is 42.1 Å². The molecule has 3 rings (SSSR count). The van der Waals surface area contributed by atoms with Crippen molar-refractivity contribution < 1.29 is 9.90 Å². The number of phenolic OH excluding ortho intramolecular Hbond substituents is 1. The molecule has 21 heavy (non-hydrogen) atoms.